The molecule has 1 fully saturated rings. The molecule has 8 nitrogen and oxygen atoms in total. The Labute approximate surface area is 195 Å². The van der Waals surface area contributed by atoms with Crippen molar-refractivity contribution in [1.29, 1.82) is 0 Å². The summed E-state index contributed by atoms with van der Waals surface area (Å²) in [5.41, 5.74) is 2.40. The Hall–Kier alpha value is -2.87. The van der Waals surface area contributed by atoms with E-state index in [1.165, 1.54) is 19.3 Å². The van der Waals surface area contributed by atoms with Gasteiger partial charge >= 0.3 is 0 Å². The molecule has 4 rings (SSSR count). The number of para-hydroxylation sites is 1. The van der Waals surface area contributed by atoms with E-state index in [0.29, 0.717) is 36.5 Å². The quantitative estimate of drug-likeness (QED) is 0.384. The minimum atomic E-state index is -0.788. The summed E-state index contributed by atoms with van der Waals surface area (Å²) in [5.74, 6) is 1.43. The molecule has 0 amide bonds. The summed E-state index contributed by atoms with van der Waals surface area (Å²) in [4.78, 5) is 14.2. The molecule has 1 atom stereocenters. The Morgan fingerprint density at radius 1 is 1.18 bits per heavy atom. The lowest BCUT2D eigenvalue weighted by atomic mass is 9.95. The van der Waals surface area contributed by atoms with Gasteiger partial charge in [-0.15, -0.1) is 0 Å². The third kappa shape index (κ3) is 5.55. The van der Waals surface area contributed by atoms with Crippen LogP contribution in [0.3, 0.4) is 0 Å². The van der Waals surface area contributed by atoms with Gasteiger partial charge in [0, 0.05) is 24.2 Å². The number of hydrogen-bond acceptors (Lipinski definition) is 7. The lowest BCUT2D eigenvalue weighted by Crippen LogP contribution is -2.29. The first-order chi connectivity index (χ1) is 15.7. The second-order valence-electron chi connectivity index (χ2n) is 10.0. The number of aromatic nitrogens is 4. The number of aliphatic hydroxyl groups is 1. The Balaban J connectivity index is 1.67. The zero-order chi connectivity index (χ0) is 23.6. The number of benzene rings is 1. The standard InChI is InChI=1S/C25H36N6O2/c1-16-9-8-10-18(21(16)32)14-26-22-20-23(31(15-27-20)19-11-6-5-7-12-19)30-24(29-22)28-17(2)13-25(3,4)33/h8-10,15,17,19,32-33H,5-7,11-14H2,1-4H3,(H2,26,28,29,30). The highest BCUT2D eigenvalue weighted by Gasteiger charge is 2.22. The molecule has 1 aliphatic carbocycles. The van der Waals surface area contributed by atoms with Crippen molar-refractivity contribution in [1.82, 2.24) is 19.5 Å². The van der Waals surface area contributed by atoms with Crippen molar-refractivity contribution in [3.05, 3.63) is 35.7 Å². The number of aromatic hydroxyl groups is 1. The zero-order valence-electron chi connectivity index (χ0n) is 20.1. The van der Waals surface area contributed by atoms with E-state index in [0.717, 1.165) is 35.1 Å². The number of phenols is 1. The highest BCUT2D eigenvalue weighted by atomic mass is 16.3. The summed E-state index contributed by atoms with van der Waals surface area (Å²) >= 11 is 0. The van der Waals surface area contributed by atoms with Gasteiger partial charge in [-0.2, -0.15) is 9.97 Å². The third-order valence-corrected chi connectivity index (χ3v) is 6.34. The molecule has 0 saturated heterocycles. The predicted octanol–water partition coefficient (Wildman–Crippen LogP) is 4.92. The number of nitrogens with zero attached hydrogens (tertiary/aromatic N) is 4. The first-order valence-electron chi connectivity index (χ1n) is 12.0. The largest absolute Gasteiger partial charge is 0.507 e. The van der Waals surface area contributed by atoms with Crippen LogP contribution in [0.15, 0.2) is 24.5 Å². The Morgan fingerprint density at radius 2 is 1.94 bits per heavy atom. The van der Waals surface area contributed by atoms with Gasteiger partial charge in [0.15, 0.2) is 17.0 Å². The number of anilines is 2. The summed E-state index contributed by atoms with van der Waals surface area (Å²) in [6, 6.07) is 6.11. The van der Waals surface area contributed by atoms with Crippen molar-refractivity contribution in [2.45, 2.75) is 90.4 Å². The van der Waals surface area contributed by atoms with Gasteiger partial charge < -0.3 is 25.4 Å². The minimum Gasteiger partial charge on any atom is -0.507 e. The van der Waals surface area contributed by atoms with Crippen LogP contribution in [0.1, 0.15) is 76.5 Å². The number of imidazole rings is 1. The molecule has 8 heteroatoms. The van der Waals surface area contributed by atoms with Crippen LogP contribution in [0.25, 0.3) is 11.2 Å². The third-order valence-electron chi connectivity index (χ3n) is 6.34. The van der Waals surface area contributed by atoms with E-state index in [-0.39, 0.29) is 6.04 Å². The highest BCUT2D eigenvalue weighted by Crippen LogP contribution is 2.32. The monoisotopic (exact) mass is 452 g/mol. The van der Waals surface area contributed by atoms with Crippen molar-refractivity contribution in [3.63, 3.8) is 0 Å². The topological polar surface area (TPSA) is 108 Å². The molecule has 1 aliphatic rings. The van der Waals surface area contributed by atoms with E-state index in [9.17, 15) is 10.2 Å². The van der Waals surface area contributed by atoms with E-state index in [4.69, 9.17) is 9.97 Å². The van der Waals surface area contributed by atoms with Gasteiger partial charge in [-0.3, -0.25) is 0 Å². The molecule has 0 radical (unpaired) electrons. The van der Waals surface area contributed by atoms with Crippen molar-refractivity contribution in [3.8, 4) is 5.75 Å². The maximum atomic E-state index is 10.4. The molecule has 1 aromatic carbocycles. The van der Waals surface area contributed by atoms with E-state index in [1.807, 2.05) is 38.4 Å². The maximum absolute atomic E-state index is 10.4. The van der Waals surface area contributed by atoms with Gasteiger partial charge in [0.25, 0.3) is 0 Å². The summed E-state index contributed by atoms with van der Waals surface area (Å²) < 4.78 is 2.19. The predicted molar refractivity (Wildman–Crippen MR) is 132 cm³/mol. The lowest BCUT2D eigenvalue weighted by molar-refractivity contribution is 0.0672. The second-order valence-corrected chi connectivity index (χ2v) is 10.0. The van der Waals surface area contributed by atoms with Crippen LogP contribution in [0, 0.1) is 6.92 Å². The van der Waals surface area contributed by atoms with E-state index in [2.05, 4.69) is 20.2 Å². The van der Waals surface area contributed by atoms with Crippen LogP contribution < -0.4 is 10.6 Å². The van der Waals surface area contributed by atoms with Crippen molar-refractivity contribution >= 4 is 22.9 Å². The first-order valence-corrected chi connectivity index (χ1v) is 12.0. The number of nitrogens with one attached hydrogen (secondary N) is 2. The summed E-state index contributed by atoms with van der Waals surface area (Å²) in [6.45, 7) is 7.93. The van der Waals surface area contributed by atoms with E-state index >= 15 is 0 Å². The molecule has 0 aliphatic heterocycles. The van der Waals surface area contributed by atoms with Gasteiger partial charge in [0.1, 0.15) is 5.75 Å². The van der Waals surface area contributed by atoms with Crippen LogP contribution in [-0.2, 0) is 6.54 Å². The smallest absolute Gasteiger partial charge is 0.226 e. The average molecular weight is 453 g/mol. The van der Waals surface area contributed by atoms with Crippen LogP contribution in [-0.4, -0.2) is 41.4 Å². The van der Waals surface area contributed by atoms with Gasteiger partial charge in [0.05, 0.1) is 11.9 Å². The highest BCUT2D eigenvalue weighted by molar-refractivity contribution is 5.84. The van der Waals surface area contributed by atoms with Crippen molar-refractivity contribution < 1.29 is 10.2 Å². The second kappa shape index (κ2) is 9.55. The summed E-state index contributed by atoms with van der Waals surface area (Å²) in [6.07, 6.45) is 8.44. The van der Waals surface area contributed by atoms with Gasteiger partial charge in [-0.05, 0) is 52.5 Å². The molecule has 0 bridgehead atoms. The Kier molecular flexibility index (Phi) is 6.74. The van der Waals surface area contributed by atoms with Crippen LogP contribution in [0.2, 0.25) is 0 Å². The van der Waals surface area contributed by atoms with Gasteiger partial charge in [0.2, 0.25) is 5.95 Å². The number of rotatable bonds is 8. The van der Waals surface area contributed by atoms with Crippen molar-refractivity contribution in [2.75, 3.05) is 10.6 Å². The molecule has 178 valence electrons. The molecule has 0 spiro atoms. The van der Waals surface area contributed by atoms with Crippen molar-refractivity contribution in [2.24, 2.45) is 0 Å². The van der Waals surface area contributed by atoms with Crippen LogP contribution in [0.5, 0.6) is 5.75 Å². The van der Waals surface area contributed by atoms with Crippen LogP contribution >= 0.6 is 0 Å². The molecule has 1 saturated carbocycles. The molecule has 1 unspecified atom stereocenters. The number of aryl methyl sites for hydroxylation is 1. The lowest BCUT2D eigenvalue weighted by Gasteiger charge is -2.24. The molecule has 2 aromatic heterocycles. The maximum Gasteiger partial charge on any atom is 0.226 e. The molecule has 33 heavy (non-hydrogen) atoms. The number of fused-ring (bicyclic) bond motifs is 1. The molecule has 4 N–H and O–H groups in total. The first kappa shape index (κ1) is 23.3. The van der Waals surface area contributed by atoms with Crippen LogP contribution in [0.4, 0.5) is 11.8 Å². The molecular formula is C25H36N6O2. The normalized spacial score (nSPS) is 16.2. The molecule has 2 heterocycles. The van der Waals surface area contributed by atoms with E-state index in [1.54, 1.807) is 13.8 Å². The van der Waals surface area contributed by atoms with Gasteiger partial charge in [-0.25, -0.2) is 4.98 Å². The SMILES string of the molecule is Cc1cccc(CNc2nc(NC(C)CC(C)(C)O)nc3c2ncn3C2CCCCC2)c1O. The van der Waals surface area contributed by atoms with E-state index < -0.39 is 5.60 Å². The fourth-order valence-corrected chi connectivity index (χ4v) is 4.79. The number of hydrogen-bond donors (Lipinski definition) is 4. The Bertz CT molecular complexity index is 1100. The van der Waals surface area contributed by atoms with Gasteiger partial charge in [-0.1, -0.05) is 37.5 Å². The summed E-state index contributed by atoms with van der Waals surface area (Å²) in [5, 5.41) is 27.3. The zero-order valence-corrected chi connectivity index (χ0v) is 20.1. The average Bonchev–Trinajstić information content (AvgIpc) is 3.18. The Morgan fingerprint density at radius 3 is 2.67 bits per heavy atom. The number of phenolic OH excluding ortho intramolecular Hbond substituents is 1. The molecular weight excluding hydrogens is 416 g/mol. The fraction of sp³-hybridized carbons (Fsp3) is 0.560. The molecule has 3 aromatic rings. The fourth-order valence-electron chi connectivity index (χ4n) is 4.79. The summed E-state index contributed by atoms with van der Waals surface area (Å²) in [7, 11) is 0. The minimum absolute atomic E-state index is 0.0119.